The lowest BCUT2D eigenvalue weighted by atomic mass is 10.0. The van der Waals surface area contributed by atoms with Crippen molar-refractivity contribution in [3.63, 3.8) is 0 Å². The van der Waals surface area contributed by atoms with Gasteiger partial charge >= 0.3 is 0 Å². The van der Waals surface area contributed by atoms with Crippen LogP contribution in [0.15, 0.2) is 71.3 Å². The van der Waals surface area contributed by atoms with Crippen molar-refractivity contribution in [3.05, 3.63) is 89.4 Å². The second kappa shape index (κ2) is 10.9. The fourth-order valence-corrected chi connectivity index (χ4v) is 4.14. The van der Waals surface area contributed by atoms with Crippen LogP contribution in [0, 0.1) is 0 Å². The number of nitrogens with zero attached hydrogens (tertiary/aromatic N) is 2. The first-order valence-electron chi connectivity index (χ1n) is 11.6. The summed E-state index contributed by atoms with van der Waals surface area (Å²) < 4.78 is 5.24. The van der Waals surface area contributed by atoms with E-state index in [1.54, 1.807) is 18.4 Å². The molecule has 1 aromatic heterocycles. The highest BCUT2D eigenvalue weighted by molar-refractivity contribution is 5.91. The Hall–Kier alpha value is -4.07. The van der Waals surface area contributed by atoms with E-state index in [2.05, 4.69) is 10.6 Å². The third-order valence-electron chi connectivity index (χ3n) is 6.04. The Kier molecular flexibility index (Phi) is 7.50. The highest BCUT2D eigenvalue weighted by Gasteiger charge is 2.31. The molecule has 35 heavy (non-hydrogen) atoms. The van der Waals surface area contributed by atoms with E-state index in [4.69, 9.17) is 4.42 Å². The summed E-state index contributed by atoms with van der Waals surface area (Å²) in [6.07, 6.45) is 2.09. The van der Waals surface area contributed by atoms with Crippen molar-refractivity contribution in [2.45, 2.75) is 32.0 Å². The van der Waals surface area contributed by atoms with Gasteiger partial charge in [0.15, 0.2) is 0 Å². The van der Waals surface area contributed by atoms with Crippen molar-refractivity contribution in [3.8, 4) is 0 Å². The lowest BCUT2D eigenvalue weighted by Gasteiger charge is -2.24. The SMILES string of the molecule is CN(C)c1ccc(CC(=O)N[C@@H]2Cc3ccccc3CN(CC(=O)NCc3ccco3)C2=O)cc1. The van der Waals surface area contributed by atoms with Crippen LogP contribution in [0.3, 0.4) is 0 Å². The van der Waals surface area contributed by atoms with E-state index in [-0.39, 0.29) is 37.2 Å². The van der Waals surface area contributed by atoms with E-state index in [1.807, 2.05) is 67.5 Å². The van der Waals surface area contributed by atoms with Crippen LogP contribution in [-0.2, 0) is 40.3 Å². The average Bonchev–Trinajstić information content (AvgIpc) is 3.32. The fraction of sp³-hybridized carbons (Fsp3) is 0.296. The molecular formula is C27H30N4O4. The van der Waals surface area contributed by atoms with Crippen molar-refractivity contribution < 1.29 is 18.8 Å². The zero-order chi connectivity index (χ0) is 24.8. The fourth-order valence-electron chi connectivity index (χ4n) is 4.14. The van der Waals surface area contributed by atoms with Crippen LogP contribution in [0.25, 0.3) is 0 Å². The number of hydrogen-bond acceptors (Lipinski definition) is 5. The van der Waals surface area contributed by atoms with Crippen LogP contribution in [-0.4, -0.2) is 49.3 Å². The second-order valence-electron chi connectivity index (χ2n) is 8.88. The minimum atomic E-state index is -0.745. The number of fused-ring (bicyclic) bond motifs is 1. The van der Waals surface area contributed by atoms with Gasteiger partial charge in [0.25, 0.3) is 0 Å². The lowest BCUT2D eigenvalue weighted by molar-refractivity contribution is -0.139. The molecule has 2 N–H and O–H groups in total. The molecule has 8 heteroatoms. The third kappa shape index (κ3) is 6.29. The molecule has 1 aliphatic rings. The van der Waals surface area contributed by atoms with Crippen LogP contribution in [0.2, 0.25) is 0 Å². The maximum absolute atomic E-state index is 13.4. The summed E-state index contributed by atoms with van der Waals surface area (Å²) in [7, 11) is 3.92. The number of rotatable bonds is 8. The van der Waals surface area contributed by atoms with E-state index < -0.39 is 6.04 Å². The molecule has 0 saturated heterocycles. The van der Waals surface area contributed by atoms with E-state index in [1.165, 1.54) is 4.90 Å². The molecular weight excluding hydrogens is 444 g/mol. The van der Waals surface area contributed by atoms with E-state index >= 15 is 0 Å². The van der Waals surface area contributed by atoms with Crippen molar-refractivity contribution >= 4 is 23.4 Å². The number of benzene rings is 2. The number of anilines is 1. The molecule has 2 aromatic carbocycles. The van der Waals surface area contributed by atoms with Crippen molar-refractivity contribution in [1.29, 1.82) is 0 Å². The Bertz CT molecular complexity index is 1170. The van der Waals surface area contributed by atoms with Gasteiger partial charge in [-0.15, -0.1) is 0 Å². The summed E-state index contributed by atoms with van der Waals surface area (Å²) in [4.78, 5) is 42.3. The maximum Gasteiger partial charge on any atom is 0.246 e. The monoisotopic (exact) mass is 474 g/mol. The second-order valence-corrected chi connectivity index (χ2v) is 8.88. The van der Waals surface area contributed by atoms with Gasteiger partial charge in [0, 0.05) is 32.7 Å². The van der Waals surface area contributed by atoms with Crippen LogP contribution < -0.4 is 15.5 Å². The van der Waals surface area contributed by atoms with E-state index in [9.17, 15) is 14.4 Å². The minimum Gasteiger partial charge on any atom is -0.467 e. The largest absolute Gasteiger partial charge is 0.467 e. The quantitative estimate of drug-likeness (QED) is 0.522. The molecule has 8 nitrogen and oxygen atoms in total. The average molecular weight is 475 g/mol. The number of amides is 3. The molecule has 0 aliphatic carbocycles. The van der Waals surface area contributed by atoms with Crippen LogP contribution in [0.4, 0.5) is 5.69 Å². The van der Waals surface area contributed by atoms with Gasteiger partial charge in [0.2, 0.25) is 17.7 Å². The highest BCUT2D eigenvalue weighted by atomic mass is 16.3. The molecule has 0 radical (unpaired) electrons. The summed E-state index contributed by atoms with van der Waals surface area (Å²) in [5.74, 6) is -0.164. The molecule has 0 spiro atoms. The molecule has 2 heterocycles. The molecule has 1 atom stereocenters. The van der Waals surface area contributed by atoms with Gasteiger partial charge in [-0.05, 0) is 41.0 Å². The summed E-state index contributed by atoms with van der Waals surface area (Å²) in [5, 5.41) is 5.69. The summed E-state index contributed by atoms with van der Waals surface area (Å²) in [6, 6.07) is 18.3. The van der Waals surface area contributed by atoms with Gasteiger partial charge < -0.3 is 24.9 Å². The first-order valence-corrected chi connectivity index (χ1v) is 11.6. The summed E-state index contributed by atoms with van der Waals surface area (Å²) in [5.41, 5.74) is 3.87. The molecule has 3 aromatic rings. The normalized spacial score (nSPS) is 15.2. The Morgan fingerprint density at radius 2 is 1.74 bits per heavy atom. The molecule has 0 saturated carbocycles. The topological polar surface area (TPSA) is 94.9 Å². The number of carbonyl (C=O) groups is 3. The zero-order valence-electron chi connectivity index (χ0n) is 20.0. The van der Waals surface area contributed by atoms with Crippen LogP contribution in [0.1, 0.15) is 22.5 Å². The molecule has 3 amide bonds. The van der Waals surface area contributed by atoms with Crippen LogP contribution in [0.5, 0.6) is 0 Å². The van der Waals surface area contributed by atoms with Crippen molar-refractivity contribution in [1.82, 2.24) is 15.5 Å². The van der Waals surface area contributed by atoms with E-state index in [0.717, 1.165) is 22.4 Å². The maximum atomic E-state index is 13.4. The molecule has 0 unspecified atom stereocenters. The van der Waals surface area contributed by atoms with Gasteiger partial charge in [-0.1, -0.05) is 36.4 Å². The van der Waals surface area contributed by atoms with Crippen molar-refractivity contribution in [2.24, 2.45) is 0 Å². The van der Waals surface area contributed by atoms with E-state index in [0.29, 0.717) is 18.7 Å². The lowest BCUT2D eigenvalue weighted by Crippen LogP contribution is -2.50. The van der Waals surface area contributed by atoms with Gasteiger partial charge in [0.1, 0.15) is 11.8 Å². The zero-order valence-corrected chi connectivity index (χ0v) is 20.0. The highest BCUT2D eigenvalue weighted by Crippen LogP contribution is 2.20. The van der Waals surface area contributed by atoms with Crippen LogP contribution >= 0.6 is 0 Å². The number of hydrogen-bond donors (Lipinski definition) is 2. The van der Waals surface area contributed by atoms with Gasteiger partial charge in [-0.2, -0.15) is 0 Å². The predicted molar refractivity (Wildman–Crippen MR) is 133 cm³/mol. The molecule has 182 valence electrons. The Labute approximate surface area is 204 Å². The standard InChI is InChI=1S/C27H30N4O4/c1-30(2)22-11-9-19(10-12-22)14-25(32)29-24-15-20-6-3-4-7-21(20)17-31(27(24)34)18-26(33)28-16-23-8-5-13-35-23/h3-13,24H,14-18H2,1-2H3,(H,28,33)(H,29,32)/t24-/m1/s1. The molecule has 4 rings (SSSR count). The first kappa shape index (κ1) is 24.1. The first-order chi connectivity index (χ1) is 16.9. The predicted octanol–water partition coefficient (Wildman–Crippen LogP) is 2.27. The number of nitrogens with one attached hydrogen (secondary N) is 2. The Balaban J connectivity index is 1.43. The molecule has 0 bridgehead atoms. The summed E-state index contributed by atoms with van der Waals surface area (Å²) >= 11 is 0. The third-order valence-corrected chi connectivity index (χ3v) is 6.04. The molecule has 0 fully saturated rings. The number of carbonyl (C=O) groups excluding carboxylic acids is 3. The van der Waals surface area contributed by atoms with Gasteiger partial charge in [-0.25, -0.2) is 0 Å². The summed E-state index contributed by atoms with van der Waals surface area (Å²) in [6.45, 7) is 0.449. The van der Waals surface area contributed by atoms with Gasteiger partial charge in [-0.3, -0.25) is 14.4 Å². The Morgan fingerprint density at radius 1 is 1.00 bits per heavy atom. The molecule has 1 aliphatic heterocycles. The van der Waals surface area contributed by atoms with Gasteiger partial charge in [0.05, 0.1) is 25.8 Å². The van der Waals surface area contributed by atoms with Crippen molar-refractivity contribution in [2.75, 3.05) is 25.5 Å². The number of furan rings is 1. The minimum absolute atomic E-state index is 0.105. The smallest absolute Gasteiger partial charge is 0.246 e. The Morgan fingerprint density at radius 3 is 2.43 bits per heavy atom.